The Labute approximate surface area is 203 Å². The highest BCUT2D eigenvalue weighted by Crippen LogP contribution is 2.30. The Balaban J connectivity index is 1.37. The molecule has 0 saturated heterocycles. The van der Waals surface area contributed by atoms with Gasteiger partial charge >= 0.3 is 6.03 Å². The normalized spacial score (nSPS) is 12.6. The molecule has 0 fully saturated rings. The minimum absolute atomic E-state index is 0.210. The number of hydrogen-bond donors (Lipinski definition) is 2. The number of fused-ring (bicyclic) bond motifs is 1. The highest BCUT2D eigenvalue weighted by atomic mass is 32.2. The van der Waals surface area contributed by atoms with E-state index in [9.17, 15) is 9.00 Å². The molecule has 4 aromatic rings. The summed E-state index contributed by atoms with van der Waals surface area (Å²) in [6.07, 6.45) is 5.66. The molecule has 1 atom stereocenters. The van der Waals surface area contributed by atoms with Crippen molar-refractivity contribution in [3.63, 3.8) is 0 Å². The SMILES string of the molecule is CS(=O)Cc1cncc(-c2ccc3nc(NC(=O)NCCc4noc(C(C)(C)C)n4)sc3c2)c1. The highest BCUT2D eigenvalue weighted by molar-refractivity contribution is 7.83. The van der Waals surface area contributed by atoms with Crippen LogP contribution in [0.5, 0.6) is 0 Å². The predicted molar refractivity (Wildman–Crippen MR) is 134 cm³/mol. The number of rotatable bonds is 7. The molecule has 0 aliphatic heterocycles. The van der Waals surface area contributed by atoms with Crippen LogP contribution in [0.1, 0.15) is 38.0 Å². The summed E-state index contributed by atoms with van der Waals surface area (Å²) in [6, 6.07) is 7.55. The number of nitrogens with zero attached hydrogens (tertiary/aromatic N) is 4. The van der Waals surface area contributed by atoms with Gasteiger partial charge in [0.2, 0.25) is 5.89 Å². The van der Waals surface area contributed by atoms with E-state index in [-0.39, 0.29) is 11.4 Å². The van der Waals surface area contributed by atoms with Gasteiger partial charge in [0.1, 0.15) is 0 Å². The minimum Gasteiger partial charge on any atom is -0.339 e. The fraction of sp³-hybridized carbons (Fsp3) is 0.348. The topological polar surface area (TPSA) is 123 Å². The Morgan fingerprint density at radius 2 is 1.97 bits per heavy atom. The number of amides is 2. The van der Waals surface area contributed by atoms with Crippen molar-refractivity contribution in [1.29, 1.82) is 0 Å². The number of benzene rings is 1. The van der Waals surface area contributed by atoms with Gasteiger partial charge in [-0.1, -0.05) is 43.3 Å². The van der Waals surface area contributed by atoms with Crippen molar-refractivity contribution in [2.45, 2.75) is 38.4 Å². The van der Waals surface area contributed by atoms with Crippen molar-refractivity contribution < 1.29 is 13.5 Å². The first kappa shape index (κ1) is 24.0. The molecular weight excluding hydrogens is 472 g/mol. The van der Waals surface area contributed by atoms with Gasteiger partial charge in [0.05, 0.1) is 10.2 Å². The van der Waals surface area contributed by atoms with Crippen LogP contribution in [0.15, 0.2) is 41.2 Å². The molecule has 0 spiro atoms. The molecule has 9 nitrogen and oxygen atoms in total. The molecule has 3 aromatic heterocycles. The maximum atomic E-state index is 12.3. The third kappa shape index (κ3) is 6.03. The van der Waals surface area contributed by atoms with E-state index in [0.717, 1.165) is 26.9 Å². The molecule has 178 valence electrons. The van der Waals surface area contributed by atoms with Gasteiger partial charge < -0.3 is 9.84 Å². The maximum absolute atomic E-state index is 12.3. The third-order valence-electron chi connectivity index (χ3n) is 4.85. The lowest BCUT2D eigenvalue weighted by Gasteiger charge is -2.10. The summed E-state index contributed by atoms with van der Waals surface area (Å²) in [5.74, 6) is 1.60. The summed E-state index contributed by atoms with van der Waals surface area (Å²) in [7, 11) is -0.928. The van der Waals surface area contributed by atoms with Crippen LogP contribution in [0.25, 0.3) is 21.3 Å². The lowest BCUT2D eigenvalue weighted by atomic mass is 9.97. The molecule has 1 aromatic carbocycles. The summed E-state index contributed by atoms with van der Waals surface area (Å²) < 4.78 is 17.7. The van der Waals surface area contributed by atoms with Crippen LogP contribution in [0, 0.1) is 0 Å². The summed E-state index contributed by atoms with van der Waals surface area (Å²) in [4.78, 5) is 25.4. The summed E-state index contributed by atoms with van der Waals surface area (Å²) in [5, 5.41) is 10.0. The van der Waals surface area contributed by atoms with Crippen molar-refractivity contribution in [2.24, 2.45) is 0 Å². The minimum atomic E-state index is -0.928. The molecule has 0 saturated carbocycles. The van der Waals surface area contributed by atoms with Crippen molar-refractivity contribution in [3.8, 4) is 11.1 Å². The molecule has 4 rings (SSSR count). The molecule has 3 heterocycles. The zero-order valence-corrected chi connectivity index (χ0v) is 21.0. The van der Waals surface area contributed by atoms with Crippen molar-refractivity contribution in [2.75, 3.05) is 18.1 Å². The molecule has 0 aliphatic carbocycles. The first-order chi connectivity index (χ1) is 16.2. The largest absolute Gasteiger partial charge is 0.339 e. The van der Waals surface area contributed by atoms with Gasteiger partial charge in [-0.3, -0.25) is 14.5 Å². The first-order valence-electron chi connectivity index (χ1n) is 10.7. The first-order valence-corrected chi connectivity index (χ1v) is 13.2. The van der Waals surface area contributed by atoms with Gasteiger partial charge in [-0.15, -0.1) is 0 Å². The molecule has 0 aliphatic rings. The quantitative estimate of drug-likeness (QED) is 0.390. The molecule has 11 heteroatoms. The summed E-state index contributed by atoms with van der Waals surface area (Å²) in [6.45, 7) is 6.37. The average Bonchev–Trinajstić information content (AvgIpc) is 3.39. The fourth-order valence-electron chi connectivity index (χ4n) is 3.21. The number of carbonyl (C=O) groups excluding carboxylic acids is 1. The van der Waals surface area contributed by atoms with Gasteiger partial charge in [-0.2, -0.15) is 4.98 Å². The third-order valence-corrected chi connectivity index (χ3v) is 6.52. The van der Waals surface area contributed by atoms with Crippen molar-refractivity contribution >= 4 is 43.5 Å². The van der Waals surface area contributed by atoms with E-state index in [0.29, 0.717) is 35.6 Å². The molecule has 0 radical (unpaired) electrons. The number of pyridine rings is 1. The Kier molecular flexibility index (Phi) is 7.03. The number of nitrogens with one attached hydrogen (secondary N) is 2. The maximum Gasteiger partial charge on any atom is 0.321 e. The van der Waals surface area contributed by atoms with E-state index < -0.39 is 10.8 Å². The van der Waals surface area contributed by atoms with E-state index in [1.54, 1.807) is 18.6 Å². The van der Waals surface area contributed by atoms with Crippen LogP contribution >= 0.6 is 11.3 Å². The predicted octanol–water partition coefficient (Wildman–Crippen LogP) is 4.28. The van der Waals surface area contributed by atoms with E-state index in [1.165, 1.54) is 11.3 Å². The molecule has 2 N–H and O–H groups in total. The van der Waals surface area contributed by atoms with Gasteiger partial charge in [-0.05, 0) is 29.3 Å². The average molecular weight is 499 g/mol. The second kappa shape index (κ2) is 9.98. The van der Waals surface area contributed by atoms with E-state index in [1.807, 2.05) is 45.0 Å². The van der Waals surface area contributed by atoms with Crippen molar-refractivity contribution in [3.05, 3.63) is 53.9 Å². The van der Waals surface area contributed by atoms with Gasteiger partial charge in [0.25, 0.3) is 0 Å². The van der Waals surface area contributed by atoms with Gasteiger partial charge in [0, 0.05) is 59.1 Å². The Bertz CT molecular complexity index is 1340. The number of carbonyl (C=O) groups is 1. The number of aromatic nitrogens is 4. The monoisotopic (exact) mass is 498 g/mol. The molecular formula is C23H26N6O3S2. The molecule has 2 amide bonds. The zero-order valence-electron chi connectivity index (χ0n) is 19.4. The van der Waals surface area contributed by atoms with Crippen molar-refractivity contribution in [1.82, 2.24) is 25.4 Å². The second-order valence-electron chi connectivity index (χ2n) is 8.90. The standard InChI is InChI=1S/C23H26N6O3S2/c1-23(2,3)20-27-19(29-32-20)7-8-25-21(30)28-22-26-17-6-5-15(10-18(17)33-22)16-9-14(11-24-12-16)13-34(4)31/h5-6,9-12H,7-8,13H2,1-4H3,(H2,25,26,28,30). The van der Waals surface area contributed by atoms with E-state index in [2.05, 4.69) is 30.7 Å². The van der Waals surface area contributed by atoms with Crippen LogP contribution in [-0.4, -0.2) is 43.1 Å². The van der Waals surface area contributed by atoms with Crippen LogP contribution in [0.4, 0.5) is 9.93 Å². The summed E-state index contributed by atoms with van der Waals surface area (Å²) in [5.41, 5.74) is 3.44. The molecule has 0 bridgehead atoms. The number of urea groups is 1. The Morgan fingerprint density at radius 1 is 1.15 bits per heavy atom. The highest BCUT2D eigenvalue weighted by Gasteiger charge is 2.21. The van der Waals surface area contributed by atoms with Gasteiger partial charge in [0.15, 0.2) is 11.0 Å². The van der Waals surface area contributed by atoms with Gasteiger partial charge in [-0.25, -0.2) is 9.78 Å². The van der Waals surface area contributed by atoms with E-state index >= 15 is 0 Å². The molecule has 34 heavy (non-hydrogen) atoms. The lowest BCUT2D eigenvalue weighted by Crippen LogP contribution is -2.30. The number of thiazole rings is 1. The lowest BCUT2D eigenvalue weighted by molar-refractivity contribution is 0.252. The Morgan fingerprint density at radius 3 is 2.71 bits per heavy atom. The smallest absolute Gasteiger partial charge is 0.321 e. The number of anilines is 1. The molecule has 1 unspecified atom stereocenters. The van der Waals surface area contributed by atoms with Crippen LogP contribution in [0.3, 0.4) is 0 Å². The van der Waals surface area contributed by atoms with Crippen LogP contribution in [-0.2, 0) is 28.4 Å². The Hall–Kier alpha value is -3.18. The zero-order chi connectivity index (χ0) is 24.3. The van der Waals surface area contributed by atoms with Crippen LogP contribution in [0.2, 0.25) is 0 Å². The van der Waals surface area contributed by atoms with Crippen LogP contribution < -0.4 is 10.6 Å². The fourth-order valence-corrected chi connectivity index (χ4v) is 4.73. The van der Waals surface area contributed by atoms with E-state index in [4.69, 9.17) is 4.52 Å². The second-order valence-corrected chi connectivity index (χ2v) is 11.4. The summed E-state index contributed by atoms with van der Waals surface area (Å²) >= 11 is 1.39. The number of hydrogen-bond acceptors (Lipinski definition) is 8.